The molecule has 0 spiro atoms. The molecule has 0 unspecified atom stereocenters. The van der Waals surface area contributed by atoms with Crippen molar-refractivity contribution in [3.8, 4) is 0 Å². The standard InChI is InChI=1S/C15H9ClF2N2O3S/c1-7-6-24-15-19-8(2-13(21)20(7)15)5-23-14(22)9-3-11(17)12(18)4-10(9)16/h2-4,6H,5H2,1H3. The van der Waals surface area contributed by atoms with Crippen LogP contribution in [0, 0.1) is 18.6 Å². The molecular weight excluding hydrogens is 362 g/mol. The first-order valence-corrected chi connectivity index (χ1v) is 7.91. The van der Waals surface area contributed by atoms with E-state index >= 15 is 0 Å². The Hall–Kier alpha value is -2.32. The lowest BCUT2D eigenvalue weighted by Gasteiger charge is -2.07. The van der Waals surface area contributed by atoms with E-state index in [0.717, 1.165) is 5.69 Å². The maximum absolute atomic E-state index is 13.2. The average Bonchev–Trinajstić information content (AvgIpc) is 2.90. The average molecular weight is 371 g/mol. The number of ether oxygens (including phenoxy) is 1. The summed E-state index contributed by atoms with van der Waals surface area (Å²) in [6, 6.07) is 2.60. The van der Waals surface area contributed by atoms with Crippen molar-refractivity contribution < 1.29 is 18.3 Å². The molecule has 0 fully saturated rings. The van der Waals surface area contributed by atoms with Gasteiger partial charge in [-0.25, -0.2) is 18.6 Å². The first-order valence-electron chi connectivity index (χ1n) is 6.65. The Morgan fingerprint density at radius 2 is 2.04 bits per heavy atom. The van der Waals surface area contributed by atoms with Crippen molar-refractivity contribution in [2.45, 2.75) is 13.5 Å². The molecule has 0 aliphatic carbocycles. The van der Waals surface area contributed by atoms with Crippen LogP contribution >= 0.6 is 22.9 Å². The SMILES string of the molecule is Cc1csc2nc(COC(=O)c3cc(F)c(F)cc3Cl)cc(=O)n12. The van der Waals surface area contributed by atoms with Gasteiger partial charge < -0.3 is 4.74 Å². The number of benzene rings is 1. The Kier molecular flexibility index (Phi) is 4.33. The van der Waals surface area contributed by atoms with Gasteiger partial charge in [0.05, 0.1) is 16.3 Å². The van der Waals surface area contributed by atoms with Crippen LogP contribution in [0.3, 0.4) is 0 Å². The number of thiazole rings is 1. The molecule has 5 nitrogen and oxygen atoms in total. The van der Waals surface area contributed by atoms with Gasteiger partial charge in [-0.15, -0.1) is 11.3 Å². The minimum Gasteiger partial charge on any atom is -0.456 e. The van der Waals surface area contributed by atoms with E-state index in [1.54, 1.807) is 12.3 Å². The molecule has 1 aromatic carbocycles. The molecule has 124 valence electrons. The first-order chi connectivity index (χ1) is 11.4. The van der Waals surface area contributed by atoms with E-state index in [1.165, 1.54) is 21.8 Å². The quantitative estimate of drug-likeness (QED) is 0.524. The van der Waals surface area contributed by atoms with E-state index in [1.807, 2.05) is 0 Å². The minimum absolute atomic E-state index is 0.244. The Balaban J connectivity index is 1.82. The predicted molar refractivity (Wildman–Crippen MR) is 84.6 cm³/mol. The van der Waals surface area contributed by atoms with Gasteiger partial charge in [-0.1, -0.05) is 11.6 Å². The van der Waals surface area contributed by atoms with E-state index in [0.29, 0.717) is 17.1 Å². The molecular formula is C15H9ClF2N2O3S. The van der Waals surface area contributed by atoms with E-state index in [-0.39, 0.29) is 28.4 Å². The largest absolute Gasteiger partial charge is 0.456 e. The van der Waals surface area contributed by atoms with Crippen LogP contribution in [0.15, 0.2) is 28.4 Å². The zero-order valence-corrected chi connectivity index (χ0v) is 13.8. The van der Waals surface area contributed by atoms with Gasteiger partial charge in [0.15, 0.2) is 16.6 Å². The number of hydrogen-bond donors (Lipinski definition) is 0. The van der Waals surface area contributed by atoms with Gasteiger partial charge in [0.2, 0.25) is 0 Å². The lowest BCUT2D eigenvalue weighted by Crippen LogP contribution is -2.16. The van der Waals surface area contributed by atoms with E-state index in [9.17, 15) is 18.4 Å². The molecule has 0 atom stereocenters. The summed E-state index contributed by atoms with van der Waals surface area (Å²) in [7, 11) is 0. The monoisotopic (exact) mass is 370 g/mol. The van der Waals surface area contributed by atoms with Crippen molar-refractivity contribution in [3.63, 3.8) is 0 Å². The molecule has 3 rings (SSSR count). The molecule has 0 bridgehead atoms. The van der Waals surface area contributed by atoms with Crippen molar-refractivity contribution in [2.75, 3.05) is 0 Å². The Morgan fingerprint density at radius 3 is 2.79 bits per heavy atom. The van der Waals surface area contributed by atoms with Crippen LogP contribution in [-0.2, 0) is 11.3 Å². The van der Waals surface area contributed by atoms with Crippen LogP contribution in [0.25, 0.3) is 4.96 Å². The first kappa shape index (κ1) is 16.5. The van der Waals surface area contributed by atoms with Gasteiger partial charge in [0, 0.05) is 17.1 Å². The minimum atomic E-state index is -1.21. The normalized spacial score (nSPS) is 11.0. The van der Waals surface area contributed by atoms with Crippen LogP contribution in [0.2, 0.25) is 5.02 Å². The molecule has 0 radical (unpaired) electrons. The summed E-state index contributed by atoms with van der Waals surface area (Å²) in [5.74, 6) is -3.31. The molecule has 0 saturated carbocycles. The highest BCUT2D eigenvalue weighted by Crippen LogP contribution is 2.21. The Bertz CT molecular complexity index is 1020. The number of fused-ring (bicyclic) bond motifs is 1. The molecule has 0 aliphatic rings. The van der Waals surface area contributed by atoms with Crippen LogP contribution in [0.4, 0.5) is 8.78 Å². The van der Waals surface area contributed by atoms with Crippen molar-refractivity contribution in [1.82, 2.24) is 9.38 Å². The van der Waals surface area contributed by atoms with Crippen LogP contribution in [0.1, 0.15) is 21.7 Å². The van der Waals surface area contributed by atoms with Crippen molar-refractivity contribution in [1.29, 1.82) is 0 Å². The number of aromatic nitrogens is 2. The number of esters is 1. The third kappa shape index (κ3) is 3.02. The third-order valence-corrected chi connectivity index (χ3v) is 4.47. The van der Waals surface area contributed by atoms with Gasteiger partial charge in [-0.3, -0.25) is 9.20 Å². The molecule has 2 heterocycles. The maximum Gasteiger partial charge on any atom is 0.340 e. The second kappa shape index (κ2) is 6.29. The topological polar surface area (TPSA) is 60.7 Å². The molecule has 0 amide bonds. The van der Waals surface area contributed by atoms with E-state index < -0.39 is 17.6 Å². The second-order valence-corrected chi connectivity index (χ2v) is 6.15. The summed E-state index contributed by atoms with van der Waals surface area (Å²) < 4.78 is 32.6. The molecule has 9 heteroatoms. The van der Waals surface area contributed by atoms with E-state index in [2.05, 4.69) is 4.98 Å². The lowest BCUT2D eigenvalue weighted by molar-refractivity contribution is 0.0467. The third-order valence-electron chi connectivity index (χ3n) is 3.21. The van der Waals surface area contributed by atoms with Crippen molar-refractivity contribution in [3.05, 3.63) is 67.5 Å². The Labute approximate surface area is 143 Å². The van der Waals surface area contributed by atoms with Crippen LogP contribution in [0.5, 0.6) is 0 Å². The molecule has 3 aromatic rings. The van der Waals surface area contributed by atoms with Gasteiger partial charge >= 0.3 is 5.97 Å². The zero-order chi connectivity index (χ0) is 17.4. The van der Waals surface area contributed by atoms with Crippen molar-refractivity contribution in [2.24, 2.45) is 0 Å². The number of rotatable bonds is 3. The van der Waals surface area contributed by atoms with Crippen LogP contribution in [-0.4, -0.2) is 15.4 Å². The molecule has 0 saturated heterocycles. The number of hydrogen-bond acceptors (Lipinski definition) is 5. The van der Waals surface area contributed by atoms with Crippen LogP contribution < -0.4 is 5.56 Å². The van der Waals surface area contributed by atoms with Crippen molar-refractivity contribution >= 4 is 33.9 Å². The second-order valence-electron chi connectivity index (χ2n) is 4.90. The summed E-state index contributed by atoms with van der Waals surface area (Å²) in [5.41, 5.74) is 0.398. The number of carbonyl (C=O) groups excluding carboxylic acids is 1. The molecule has 0 N–H and O–H groups in total. The van der Waals surface area contributed by atoms with Gasteiger partial charge in [-0.05, 0) is 19.1 Å². The zero-order valence-electron chi connectivity index (χ0n) is 12.2. The highest BCUT2D eigenvalue weighted by atomic mass is 35.5. The van der Waals surface area contributed by atoms with Gasteiger partial charge in [0.25, 0.3) is 5.56 Å². The summed E-state index contributed by atoms with van der Waals surface area (Å²) in [6.07, 6.45) is 0. The number of halogens is 3. The van der Waals surface area contributed by atoms with Gasteiger partial charge in [-0.2, -0.15) is 0 Å². The number of aryl methyl sites for hydroxylation is 1. The fourth-order valence-corrected chi connectivity index (χ4v) is 3.19. The molecule has 0 aliphatic heterocycles. The number of nitrogens with zero attached hydrogens (tertiary/aromatic N) is 2. The highest BCUT2D eigenvalue weighted by molar-refractivity contribution is 7.15. The summed E-state index contributed by atoms with van der Waals surface area (Å²) >= 11 is 6.99. The smallest absolute Gasteiger partial charge is 0.340 e. The summed E-state index contributed by atoms with van der Waals surface area (Å²) in [6.45, 7) is 1.48. The Morgan fingerprint density at radius 1 is 1.33 bits per heavy atom. The summed E-state index contributed by atoms with van der Waals surface area (Å²) in [4.78, 5) is 28.6. The summed E-state index contributed by atoms with van der Waals surface area (Å²) in [5, 5.41) is 1.51. The number of carbonyl (C=O) groups is 1. The highest BCUT2D eigenvalue weighted by Gasteiger charge is 2.17. The molecule has 24 heavy (non-hydrogen) atoms. The van der Waals surface area contributed by atoms with Gasteiger partial charge in [0.1, 0.15) is 6.61 Å². The molecule has 2 aromatic heterocycles. The lowest BCUT2D eigenvalue weighted by atomic mass is 10.2. The fourth-order valence-electron chi connectivity index (χ4n) is 2.07. The predicted octanol–water partition coefficient (Wildman–Crippen LogP) is 3.35. The van der Waals surface area contributed by atoms with E-state index in [4.69, 9.17) is 16.3 Å². The fraction of sp³-hybridized carbons (Fsp3) is 0.133. The maximum atomic E-state index is 13.2.